The lowest BCUT2D eigenvalue weighted by atomic mass is 9.44. The van der Waals surface area contributed by atoms with E-state index in [1.54, 1.807) is 7.11 Å². The van der Waals surface area contributed by atoms with Crippen molar-refractivity contribution in [3.05, 3.63) is 0 Å². The average Bonchev–Trinajstić information content (AvgIpc) is 3.27. The molecule has 6 fully saturated rings. The summed E-state index contributed by atoms with van der Waals surface area (Å²) in [5.41, 5.74) is -1.63. The monoisotopic (exact) mass is 419 g/mol. The summed E-state index contributed by atoms with van der Waals surface area (Å²) in [5, 5.41) is 11.6. The third-order valence-electron chi connectivity index (χ3n) is 10.9. The van der Waals surface area contributed by atoms with Gasteiger partial charge in [-0.25, -0.2) is 0 Å². The van der Waals surface area contributed by atoms with E-state index in [4.69, 9.17) is 28.7 Å². The number of methoxy groups -OCH3 is 3. The summed E-state index contributed by atoms with van der Waals surface area (Å²) in [4.78, 5) is 5.29. The van der Waals surface area contributed by atoms with Gasteiger partial charge in [-0.3, -0.25) is 4.99 Å². The lowest BCUT2D eigenvalue weighted by Gasteiger charge is -2.64. The van der Waals surface area contributed by atoms with Crippen LogP contribution < -0.4 is 0 Å². The molecule has 166 valence electrons. The first-order chi connectivity index (χ1) is 14.5. The normalized spacial score (nSPS) is 66.4. The fourth-order valence-electron chi connectivity index (χ4n) is 10.4. The summed E-state index contributed by atoms with van der Waals surface area (Å²) in [6, 6.07) is -0.0800. The number of aliphatic hydroxyl groups is 1. The summed E-state index contributed by atoms with van der Waals surface area (Å²) in [6.07, 6.45) is 5.32. The van der Waals surface area contributed by atoms with Gasteiger partial charge in [-0.15, -0.1) is 0 Å². The highest BCUT2D eigenvalue weighted by molar-refractivity contribution is 5.71. The molecule has 1 N–H and O–H groups in total. The van der Waals surface area contributed by atoms with Crippen LogP contribution in [-0.2, 0) is 23.7 Å². The second kappa shape index (κ2) is 5.49. The van der Waals surface area contributed by atoms with Gasteiger partial charge in [-0.2, -0.15) is 0 Å². The lowest BCUT2D eigenvalue weighted by Crippen LogP contribution is -2.76. The second-order valence-electron chi connectivity index (χ2n) is 11.2. The van der Waals surface area contributed by atoms with Crippen molar-refractivity contribution in [3.63, 3.8) is 0 Å². The van der Waals surface area contributed by atoms with Crippen LogP contribution in [0.15, 0.2) is 4.99 Å². The molecule has 2 aliphatic heterocycles. The first-order valence-corrected chi connectivity index (χ1v) is 11.5. The van der Waals surface area contributed by atoms with Gasteiger partial charge in [0.15, 0.2) is 0 Å². The quantitative estimate of drug-likeness (QED) is 0.745. The molecule has 7 aliphatic rings. The highest BCUT2D eigenvalue weighted by Crippen LogP contribution is 2.81. The van der Waals surface area contributed by atoms with Gasteiger partial charge in [0, 0.05) is 62.5 Å². The Balaban J connectivity index is 1.57. The van der Waals surface area contributed by atoms with Gasteiger partial charge >= 0.3 is 0 Å². The Hall–Kier alpha value is -0.570. The fourth-order valence-corrected chi connectivity index (χ4v) is 10.4. The zero-order valence-electron chi connectivity index (χ0n) is 18.2. The molecule has 1 unspecified atom stereocenters. The van der Waals surface area contributed by atoms with E-state index in [0.717, 1.165) is 25.7 Å². The number of nitrogens with zero attached hydrogens (tertiary/aromatic N) is 1. The zero-order chi connectivity index (χ0) is 20.7. The second-order valence-corrected chi connectivity index (χ2v) is 11.2. The Kier molecular flexibility index (Phi) is 3.47. The smallest absolute Gasteiger partial charge is 0.149 e. The van der Waals surface area contributed by atoms with Crippen LogP contribution in [0.25, 0.3) is 0 Å². The maximum absolute atomic E-state index is 11.6. The molecule has 3 spiro atoms. The fraction of sp³-hybridized carbons (Fsp3) is 0.957. The van der Waals surface area contributed by atoms with Gasteiger partial charge in [-0.1, -0.05) is 6.92 Å². The van der Waals surface area contributed by atoms with Crippen LogP contribution in [0.1, 0.15) is 32.6 Å². The Morgan fingerprint density at radius 2 is 1.97 bits per heavy atom. The van der Waals surface area contributed by atoms with E-state index in [1.807, 2.05) is 14.2 Å². The predicted molar refractivity (Wildman–Crippen MR) is 106 cm³/mol. The standard InChI is InChI=1S/C23H33NO6/c1-20-6-5-14(27-3)22-12-7-11-13(26-2)8-21(15(12)16(11)25)23(30-10-29-21,19(22)24-9-20)18(28-4)17(20)22/h9,11-19,25H,5-8,10H2,1-4H3/t11-,12-,13+,14?,15-,16+,17-,18+,19+,20+,21-,22+,23+/m1/s1. The average molecular weight is 420 g/mol. The molecular formula is C23H33NO6. The first-order valence-electron chi connectivity index (χ1n) is 11.5. The summed E-state index contributed by atoms with van der Waals surface area (Å²) in [5.74, 6) is 0.618. The Morgan fingerprint density at radius 1 is 1.13 bits per heavy atom. The summed E-state index contributed by atoms with van der Waals surface area (Å²) in [6.45, 7) is 2.56. The zero-order valence-corrected chi connectivity index (χ0v) is 18.2. The van der Waals surface area contributed by atoms with Gasteiger partial charge in [0.05, 0.1) is 30.5 Å². The van der Waals surface area contributed by atoms with Crippen LogP contribution in [0, 0.1) is 34.5 Å². The minimum atomic E-state index is -0.712. The molecule has 7 bridgehead atoms. The number of fused-ring (bicyclic) bond motifs is 1. The van der Waals surface area contributed by atoms with E-state index in [2.05, 4.69) is 13.1 Å². The highest BCUT2D eigenvalue weighted by atomic mass is 16.7. The number of hydrogen-bond donors (Lipinski definition) is 1. The summed E-state index contributed by atoms with van der Waals surface area (Å²) in [7, 11) is 5.42. The molecule has 0 amide bonds. The van der Waals surface area contributed by atoms with Crippen molar-refractivity contribution in [1.29, 1.82) is 0 Å². The number of aliphatic imine (C=N–C) groups is 1. The third kappa shape index (κ3) is 1.54. The Morgan fingerprint density at radius 3 is 2.70 bits per heavy atom. The van der Waals surface area contributed by atoms with E-state index in [1.165, 1.54) is 0 Å². The van der Waals surface area contributed by atoms with E-state index >= 15 is 0 Å². The van der Waals surface area contributed by atoms with Crippen LogP contribution in [0.5, 0.6) is 0 Å². The molecule has 0 aromatic heterocycles. The number of hydrogen-bond acceptors (Lipinski definition) is 7. The van der Waals surface area contributed by atoms with Crippen LogP contribution in [0.2, 0.25) is 0 Å². The lowest BCUT2D eigenvalue weighted by molar-refractivity contribution is -0.243. The predicted octanol–water partition coefficient (Wildman–Crippen LogP) is 1.41. The van der Waals surface area contributed by atoms with Crippen molar-refractivity contribution in [2.24, 2.45) is 39.5 Å². The molecule has 30 heavy (non-hydrogen) atoms. The van der Waals surface area contributed by atoms with Crippen molar-refractivity contribution in [3.8, 4) is 0 Å². The van der Waals surface area contributed by atoms with Crippen molar-refractivity contribution in [2.45, 2.75) is 74.3 Å². The number of rotatable bonds is 3. The van der Waals surface area contributed by atoms with Crippen molar-refractivity contribution >= 4 is 6.21 Å². The van der Waals surface area contributed by atoms with Gasteiger partial charge in [0.2, 0.25) is 0 Å². The SMILES string of the molecule is COC1CC[C@@]2(C)C=N[C@H]3[C@@]14[C@@H]1C[C@H]5[C@H](O)[C@@H]1[C@@]1(C[C@@H]5OC)OCO[C@@]31[C@@H](OC)[C@@H]42. The van der Waals surface area contributed by atoms with E-state index in [0.29, 0.717) is 0 Å². The van der Waals surface area contributed by atoms with Crippen LogP contribution >= 0.6 is 0 Å². The van der Waals surface area contributed by atoms with Gasteiger partial charge in [-0.05, 0) is 25.2 Å². The largest absolute Gasteiger partial charge is 0.392 e. The van der Waals surface area contributed by atoms with Crippen LogP contribution in [0.3, 0.4) is 0 Å². The van der Waals surface area contributed by atoms with Gasteiger partial charge in [0.25, 0.3) is 0 Å². The van der Waals surface area contributed by atoms with E-state index in [-0.39, 0.29) is 65.6 Å². The van der Waals surface area contributed by atoms with Crippen molar-refractivity contribution < 1.29 is 28.8 Å². The van der Waals surface area contributed by atoms with E-state index < -0.39 is 17.3 Å². The van der Waals surface area contributed by atoms with Crippen LogP contribution in [-0.4, -0.2) is 81.1 Å². The number of ether oxygens (including phenoxy) is 5. The minimum Gasteiger partial charge on any atom is -0.392 e. The molecule has 0 aromatic rings. The topological polar surface area (TPSA) is 78.7 Å². The van der Waals surface area contributed by atoms with E-state index in [9.17, 15) is 5.11 Å². The molecule has 1 saturated heterocycles. The minimum absolute atomic E-state index is 0.00333. The molecule has 0 aromatic carbocycles. The summed E-state index contributed by atoms with van der Waals surface area (Å²) >= 11 is 0. The summed E-state index contributed by atoms with van der Waals surface area (Å²) < 4.78 is 31.9. The van der Waals surface area contributed by atoms with Crippen LogP contribution in [0.4, 0.5) is 0 Å². The maximum Gasteiger partial charge on any atom is 0.149 e. The molecule has 13 atom stereocenters. The van der Waals surface area contributed by atoms with Crippen molar-refractivity contribution in [2.75, 3.05) is 28.1 Å². The molecule has 5 saturated carbocycles. The van der Waals surface area contributed by atoms with Gasteiger partial charge in [0.1, 0.15) is 18.0 Å². The van der Waals surface area contributed by atoms with Gasteiger partial charge < -0.3 is 28.8 Å². The Labute approximate surface area is 177 Å². The highest BCUT2D eigenvalue weighted by Gasteiger charge is 2.92. The molecular weight excluding hydrogens is 386 g/mol. The van der Waals surface area contributed by atoms with Crippen molar-refractivity contribution in [1.82, 2.24) is 0 Å². The molecule has 2 heterocycles. The number of aliphatic hydroxyl groups excluding tert-OH is 1. The first kappa shape index (κ1) is 18.9. The molecule has 0 radical (unpaired) electrons. The third-order valence-corrected chi connectivity index (χ3v) is 10.9. The maximum atomic E-state index is 11.6. The molecule has 7 rings (SSSR count). The molecule has 7 nitrogen and oxygen atoms in total. The molecule has 5 aliphatic carbocycles. The Bertz CT molecular complexity index is 822. The molecule has 7 heteroatoms.